The van der Waals surface area contributed by atoms with Crippen LogP contribution in [-0.2, 0) is 4.74 Å². The van der Waals surface area contributed by atoms with E-state index in [1.807, 2.05) is 0 Å². The summed E-state index contributed by atoms with van der Waals surface area (Å²) < 4.78 is 5.47. The molecule has 1 N–H and O–H groups in total. The third-order valence-electron chi connectivity index (χ3n) is 5.42. The largest absolute Gasteiger partial charge is 0.379 e. The molecule has 118 valence electrons. The summed E-state index contributed by atoms with van der Waals surface area (Å²) in [5.41, 5.74) is 0.453. The first kappa shape index (κ1) is 16.2. The Balaban J connectivity index is 1.85. The number of rotatable bonds is 7. The van der Waals surface area contributed by atoms with Gasteiger partial charge in [-0.15, -0.1) is 0 Å². The highest BCUT2D eigenvalue weighted by atomic mass is 16.5. The van der Waals surface area contributed by atoms with E-state index in [-0.39, 0.29) is 0 Å². The number of ether oxygens (including phenoxy) is 1. The fourth-order valence-corrected chi connectivity index (χ4v) is 3.83. The SMILES string of the molecule is CCC(CC)(CNC)CN1CCC(N2CCOCC2)C1. The fourth-order valence-electron chi connectivity index (χ4n) is 3.83. The smallest absolute Gasteiger partial charge is 0.0594 e. The van der Waals surface area contributed by atoms with Gasteiger partial charge in [0.15, 0.2) is 0 Å². The van der Waals surface area contributed by atoms with E-state index in [1.54, 1.807) is 0 Å². The second-order valence-corrected chi connectivity index (χ2v) is 6.56. The Labute approximate surface area is 124 Å². The summed E-state index contributed by atoms with van der Waals surface area (Å²) >= 11 is 0. The van der Waals surface area contributed by atoms with Crippen LogP contribution in [0, 0.1) is 5.41 Å². The zero-order chi connectivity index (χ0) is 14.4. The van der Waals surface area contributed by atoms with Crippen LogP contribution in [0.5, 0.6) is 0 Å². The van der Waals surface area contributed by atoms with Crippen molar-refractivity contribution in [2.75, 3.05) is 59.5 Å². The first-order valence-corrected chi connectivity index (χ1v) is 8.42. The van der Waals surface area contributed by atoms with Crippen molar-refractivity contribution in [2.45, 2.75) is 39.2 Å². The lowest BCUT2D eigenvalue weighted by Crippen LogP contribution is -2.46. The van der Waals surface area contributed by atoms with Gasteiger partial charge in [0.05, 0.1) is 13.2 Å². The van der Waals surface area contributed by atoms with Crippen molar-refractivity contribution in [3.63, 3.8) is 0 Å². The first-order valence-electron chi connectivity index (χ1n) is 8.42. The summed E-state index contributed by atoms with van der Waals surface area (Å²) in [6, 6.07) is 0.764. The molecule has 2 aliphatic rings. The maximum atomic E-state index is 5.47. The van der Waals surface area contributed by atoms with Gasteiger partial charge < -0.3 is 15.0 Å². The lowest BCUT2D eigenvalue weighted by atomic mass is 9.81. The minimum Gasteiger partial charge on any atom is -0.379 e. The van der Waals surface area contributed by atoms with Gasteiger partial charge in [-0.25, -0.2) is 0 Å². The number of morpholine rings is 1. The standard InChI is InChI=1S/C16H33N3O/c1-4-16(5-2,13-17-3)14-18-7-6-15(12-18)19-8-10-20-11-9-19/h15,17H,4-14H2,1-3H3. The predicted octanol–water partition coefficient (Wildman–Crippen LogP) is 1.42. The molecule has 4 nitrogen and oxygen atoms in total. The van der Waals surface area contributed by atoms with E-state index in [2.05, 4.69) is 36.0 Å². The molecule has 1 unspecified atom stereocenters. The minimum atomic E-state index is 0.453. The van der Waals surface area contributed by atoms with E-state index in [1.165, 1.54) is 38.9 Å². The van der Waals surface area contributed by atoms with Crippen molar-refractivity contribution in [3.8, 4) is 0 Å². The van der Waals surface area contributed by atoms with Crippen molar-refractivity contribution in [1.29, 1.82) is 0 Å². The van der Waals surface area contributed by atoms with Crippen molar-refractivity contribution in [1.82, 2.24) is 15.1 Å². The van der Waals surface area contributed by atoms with E-state index in [9.17, 15) is 0 Å². The lowest BCUT2D eigenvalue weighted by Gasteiger charge is -2.36. The molecule has 0 bridgehead atoms. The van der Waals surface area contributed by atoms with Crippen molar-refractivity contribution in [3.05, 3.63) is 0 Å². The van der Waals surface area contributed by atoms with Gasteiger partial charge in [0.2, 0.25) is 0 Å². The Kier molecular flexibility index (Phi) is 6.27. The van der Waals surface area contributed by atoms with Crippen LogP contribution in [0.15, 0.2) is 0 Å². The van der Waals surface area contributed by atoms with Crippen LogP contribution in [0.4, 0.5) is 0 Å². The van der Waals surface area contributed by atoms with Crippen LogP contribution in [0.1, 0.15) is 33.1 Å². The fraction of sp³-hybridized carbons (Fsp3) is 1.00. The predicted molar refractivity (Wildman–Crippen MR) is 84.2 cm³/mol. The monoisotopic (exact) mass is 283 g/mol. The lowest BCUT2D eigenvalue weighted by molar-refractivity contribution is 0.0174. The average Bonchev–Trinajstić information content (AvgIpc) is 2.96. The Morgan fingerprint density at radius 1 is 1.15 bits per heavy atom. The molecule has 1 atom stereocenters. The molecule has 2 rings (SSSR count). The molecule has 20 heavy (non-hydrogen) atoms. The van der Waals surface area contributed by atoms with Crippen LogP contribution >= 0.6 is 0 Å². The maximum Gasteiger partial charge on any atom is 0.0594 e. The number of hydrogen-bond donors (Lipinski definition) is 1. The molecule has 0 saturated carbocycles. The number of nitrogens with zero attached hydrogens (tertiary/aromatic N) is 2. The molecule has 2 saturated heterocycles. The van der Waals surface area contributed by atoms with Crippen LogP contribution in [0.3, 0.4) is 0 Å². The summed E-state index contributed by atoms with van der Waals surface area (Å²) in [6.45, 7) is 13.7. The number of likely N-dealkylation sites (tertiary alicyclic amines) is 1. The molecule has 2 fully saturated rings. The molecule has 0 aliphatic carbocycles. The van der Waals surface area contributed by atoms with E-state index < -0.39 is 0 Å². The maximum absolute atomic E-state index is 5.47. The Morgan fingerprint density at radius 2 is 1.85 bits per heavy atom. The molecule has 2 aliphatic heterocycles. The van der Waals surface area contributed by atoms with Crippen LogP contribution < -0.4 is 5.32 Å². The molecular weight excluding hydrogens is 250 g/mol. The zero-order valence-corrected chi connectivity index (χ0v) is 13.7. The van der Waals surface area contributed by atoms with E-state index in [0.717, 1.165) is 38.9 Å². The Morgan fingerprint density at radius 3 is 2.45 bits per heavy atom. The second kappa shape index (κ2) is 7.74. The molecule has 0 radical (unpaired) electrons. The van der Waals surface area contributed by atoms with Gasteiger partial charge in [-0.1, -0.05) is 13.8 Å². The highest BCUT2D eigenvalue weighted by Crippen LogP contribution is 2.29. The first-order chi connectivity index (χ1) is 9.73. The molecule has 0 amide bonds. The zero-order valence-electron chi connectivity index (χ0n) is 13.7. The highest BCUT2D eigenvalue weighted by Gasteiger charge is 2.34. The van der Waals surface area contributed by atoms with Crippen molar-refractivity contribution >= 4 is 0 Å². The quantitative estimate of drug-likeness (QED) is 0.765. The third kappa shape index (κ3) is 3.94. The van der Waals surface area contributed by atoms with Crippen molar-refractivity contribution < 1.29 is 4.74 Å². The number of nitrogens with one attached hydrogen (secondary N) is 1. The normalized spacial score (nSPS) is 26.2. The summed E-state index contributed by atoms with van der Waals surface area (Å²) in [7, 11) is 2.08. The highest BCUT2D eigenvalue weighted by molar-refractivity contribution is 4.89. The van der Waals surface area contributed by atoms with Gasteiger partial charge in [0, 0.05) is 38.8 Å². The Bertz CT molecular complexity index is 275. The van der Waals surface area contributed by atoms with Crippen molar-refractivity contribution in [2.24, 2.45) is 5.41 Å². The minimum absolute atomic E-state index is 0.453. The van der Waals surface area contributed by atoms with Gasteiger partial charge in [-0.3, -0.25) is 4.90 Å². The molecule has 0 aromatic carbocycles. The molecule has 4 heteroatoms. The molecule has 0 aromatic heterocycles. The van der Waals surface area contributed by atoms with E-state index in [4.69, 9.17) is 4.74 Å². The van der Waals surface area contributed by atoms with E-state index in [0.29, 0.717) is 5.41 Å². The topological polar surface area (TPSA) is 27.7 Å². The average molecular weight is 283 g/mol. The molecular formula is C16H33N3O. The van der Waals surface area contributed by atoms with Gasteiger partial charge in [0.1, 0.15) is 0 Å². The van der Waals surface area contributed by atoms with Gasteiger partial charge >= 0.3 is 0 Å². The summed E-state index contributed by atoms with van der Waals surface area (Å²) in [5.74, 6) is 0. The van der Waals surface area contributed by atoms with Crippen LogP contribution in [0.2, 0.25) is 0 Å². The molecule has 0 spiro atoms. The third-order valence-corrected chi connectivity index (χ3v) is 5.42. The summed E-state index contributed by atoms with van der Waals surface area (Å²) in [4.78, 5) is 5.34. The second-order valence-electron chi connectivity index (χ2n) is 6.56. The molecule has 2 heterocycles. The summed E-state index contributed by atoms with van der Waals surface area (Å²) in [6.07, 6.45) is 3.87. The number of hydrogen-bond acceptors (Lipinski definition) is 4. The molecule has 0 aromatic rings. The van der Waals surface area contributed by atoms with Crippen LogP contribution in [0.25, 0.3) is 0 Å². The van der Waals surface area contributed by atoms with Gasteiger partial charge in [-0.05, 0) is 38.3 Å². The van der Waals surface area contributed by atoms with Gasteiger partial charge in [0.25, 0.3) is 0 Å². The summed E-state index contributed by atoms with van der Waals surface area (Å²) in [5, 5.41) is 3.41. The Hall–Kier alpha value is -0.160. The van der Waals surface area contributed by atoms with Gasteiger partial charge in [-0.2, -0.15) is 0 Å². The van der Waals surface area contributed by atoms with E-state index >= 15 is 0 Å². The van der Waals surface area contributed by atoms with Crippen LogP contribution in [-0.4, -0.2) is 75.4 Å².